The molecule has 0 amide bonds. The number of ether oxygens (including phenoxy) is 4. The lowest BCUT2D eigenvalue weighted by Crippen LogP contribution is -2.30. The van der Waals surface area contributed by atoms with Gasteiger partial charge in [0.2, 0.25) is 0 Å². The molecule has 6 atom stereocenters. The maximum atomic E-state index is 13.1. The standard InChI is InChI=1S/C80H156O17P2/c1-8-10-11-12-13-14-15-16-17-18-19-20-21-22-23-30-35-40-49-56-63-79(84)96-75(67-90-77(82)61-54-47-39-34-29-25-24-27-32-37-44-51-58-71(3)4)69-94-98(86,87)92-65-74(81)66-93-99(88,89)95-70-76(68-91-78(83)62-55-48-43-42-46-53-60-73(7)9-2)97-80(85)64-57-50-41-36-31-26-28-33-38-45-52-59-72(5)6/h71-76,81H,8-70H2,1-7H3,(H,86,87)(H,88,89)/t73?,74-,75-,76-/m1/s1. The quantitative estimate of drug-likeness (QED) is 0.0222. The summed E-state index contributed by atoms with van der Waals surface area (Å²) >= 11 is 0. The molecular formula is C80H156O17P2. The molecule has 17 nitrogen and oxygen atoms in total. The summed E-state index contributed by atoms with van der Waals surface area (Å²) in [4.78, 5) is 73.0. The molecule has 0 bridgehead atoms. The maximum absolute atomic E-state index is 13.1. The highest BCUT2D eigenvalue weighted by Crippen LogP contribution is 2.45. The van der Waals surface area contributed by atoms with Crippen LogP contribution < -0.4 is 0 Å². The summed E-state index contributed by atoms with van der Waals surface area (Å²) in [5.74, 6) is 0.164. The lowest BCUT2D eigenvalue weighted by atomic mass is 10.00. The number of hydrogen-bond acceptors (Lipinski definition) is 15. The van der Waals surface area contributed by atoms with Crippen molar-refractivity contribution < 1.29 is 80.2 Å². The van der Waals surface area contributed by atoms with Crippen LogP contribution in [0.15, 0.2) is 0 Å². The largest absolute Gasteiger partial charge is 0.472 e. The van der Waals surface area contributed by atoms with E-state index >= 15 is 0 Å². The summed E-state index contributed by atoms with van der Waals surface area (Å²) in [6.07, 6.45) is 58.3. The molecule has 0 heterocycles. The van der Waals surface area contributed by atoms with Gasteiger partial charge in [0.15, 0.2) is 12.2 Å². The number of aliphatic hydroxyl groups excluding tert-OH is 1. The van der Waals surface area contributed by atoms with Gasteiger partial charge in [0.1, 0.15) is 19.3 Å². The zero-order valence-corrected chi connectivity index (χ0v) is 66.8. The number of rotatable bonds is 78. The van der Waals surface area contributed by atoms with Gasteiger partial charge in [-0.15, -0.1) is 0 Å². The van der Waals surface area contributed by atoms with Gasteiger partial charge in [-0.25, -0.2) is 9.13 Å². The normalized spacial score (nSPS) is 14.3. The molecule has 0 aliphatic heterocycles. The van der Waals surface area contributed by atoms with Crippen molar-refractivity contribution >= 4 is 39.5 Å². The molecular weight excluding hydrogens is 1290 g/mol. The van der Waals surface area contributed by atoms with Crippen LogP contribution in [0.1, 0.15) is 414 Å². The van der Waals surface area contributed by atoms with Gasteiger partial charge < -0.3 is 33.8 Å². The van der Waals surface area contributed by atoms with E-state index in [1.165, 1.54) is 218 Å². The Morgan fingerprint density at radius 2 is 0.515 bits per heavy atom. The molecule has 0 aromatic rings. The molecule has 99 heavy (non-hydrogen) atoms. The second kappa shape index (κ2) is 70.4. The van der Waals surface area contributed by atoms with E-state index in [0.29, 0.717) is 25.7 Å². The Bertz CT molecular complexity index is 1920. The molecule has 0 radical (unpaired) electrons. The van der Waals surface area contributed by atoms with Gasteiger partial charge in [-0.05, 0) is 43.4 Å². The van der Waals surface area contributed by atoms with Crippen LogP contribution in [-0.2, 0) is 65.4 Å². The van der Waals surface area contributed by atoms with E-state index in [9.17, 15) is 43.2 Å². The molecule has 0 rings (SSSR count). The Kier molecular flexibility index (Phi) is 69.0. The Balaban J connectivity index is 5.24. The Hall–Kier alpha value is -1.94. The first kappa shape index (κ1) is 97.1. The predicted molar refractivity (Wildman–Crippen MR) is 405 cm³/mol. The molecule has 0 aliphatic carbocycles. The molecule has 588 valence electrons. The molecule has 0 saturated heterocycles. The molecule has 0 aliphatic rings. The van der Waals surface area contributed by atoms with Gasteiger partial charge in [-0.3, -0.25) is 37.3 Å². The Labute approximate surface area is 607 Å². The van der Waals surface area contributed by atoms with Crippen LogP contribution in [0.4, 0.5) is 0 Å². The van der Waals surface area contributed by atoms with Gasteiger partial charge in [0.25, 0.3) is 0 Å². The van der Waals surface area contributed by atoms with Crippen molar-refractivity contribution in [3.63, 3.8) is 0 Å². The first-order chi connectivity index (χ1) is 47.8. The minimum absolute atomic E-state index is 0.106. The number of unbranched alkanes of at least 4 members (excludes halogenated alkanes) is 45. The van der Waals surface area contributed by atoms with Crippen LogP contribution in [0.25, 0.3) is 0 Å². The summed E-state index contributed by atoms with van der Waals surface area (Å²) in [5.41, 5.74) is 0. The number of phosphoric acid groups is 2. The van der Waals surface area contributed by atoms with Crippen molar-refractivity contribution in [3.8, 4) is 0 Å². The smallest absolute Gasteiger partial charge is 0.462 e. The van der Waals surface area contributed by atoms with E-state index in [1.54, 1.807) is 0 Å². The van der Waals surface area contributed by atoms with Crippen LogP contribution in [-0.4, -0.2) is 96.7 Å². The van der Waals surface area contributed by atoms with Crippen molar-refractivity contribution in [1.29, 1.82) is 0 Å². The van der Waals surface area contributed by atoms with E-state index in [2.05, 4.69) is 48.5 Å². The second-order valence-electron chi connectivity index (χ2n) is 30.0. The monoisotopic (exact) mass is 1450 g/mol. The lowest BCUT2D eigenvalue weighted by molar-refractivity contribution is -0.161. The summed E-state index contributed by atoms with van der Waals surface area (Å²) < 4.78 is 68.7. The lowest BCUT2D eigenvalue weighted by Gasteiger charge is -2.21. The minimum atomic E-state index is -4.96. The highest BCUT2D eigenvalue weighted by atomic mass is 31.2. The minimum Gasteiger partial charge on any atom is -0.462 e. The molecule has 19 heteroatoms. The fraction of sp³-hybridized carbons (Fsp3) is 0.950. The molecule has 3 unspecified atom stereocenters. The van der Waals surface area contributed by atoms with Crippen LogP contribution in [0, 0.1) is 17.8 Å². The SMILES string of the molecule is CCCCCCCCCCCCCCCCCCCCCCC(=O)O[C@H](COC(=O)CCCCCCCCCCCCCCC(C)C)COP(=O)(O)OC[C@@H](O)COP(=O)(O)OC[C@@H](COC(=O)CCCCCCCCC(C)CC)OC(=O)CCCCCCCCCCCCCC(C)C. The van der Waals surface area contributed by atoms with E-state index in [-0.39, 0.29) is 25.7 Å². The fourth-order valence-corrected chi connectivity index (χ4v) is 13.9. The van der Waals surface area contributed by atoms with Crippen LogP contribution >= 0.6 is 15.6 Å². The molecule has 0 aromatic heterocycles. The zero-order chi connectivity index (χ0) is 73.0. The number of phosphoric ester groups is 2. The number of carbonyl (C=O) groups is 4. The summed E-state index contributed by atoms with van der Waals surface area (Å²) in [5, 5.41) is 10.6. The van der Waals surface area contributed by atoms with E-state index in [4.69, 9.17) is 37.0 Å². The molecule has 0 aromatic carbocycles. The van der Waals surface area contributed by atoms with E-state index in [0.717, 1.165) is 114 Å². The first-order valence-electron chi connectivity index (χ1n) is 41.4. The van der Waals surface area contributed by atoms with Crippen LogP contribution in [0.2, 0.25) is 0 Å². The van der Waals surface area contributed by atoms with Crippen LogP contribution in [0.5, 0.6) is 0 Å². The van der Waals surface area contributed by atoms with Gasteiger partial charge in [-0.2, -0.15) is 0 Å². The summed E-state index contributed by atoms with van der Waals surface area (Å²) in [6.45, 7) is 11.9. The predicted octanol–water partition coefficient (Wildman–Crippen LogP) is 23.7. The topological polar surface area (TPSA) is 237 Å². The first-order valence-corrected chi connectivity index (χ1v) is 44.4. The zero-order valence-electron chi connectivity index (χ0n) is 65.0. The number of carbonyl (C=O) groups excluding carboxylic acids is 4. The Morgan fingerprint density at radius 1 is 0.293 bits per heavy atom. The number of esters is 4. The van der Waals surface area contributed by atoms with Crippen molar-refractivity contribution in [2.45, 2.75) is 433 Å². The van der Waals surface area contributed by atoms with Gasteiger partial charge >= 0.3 is 39.5 Å². The third-order valence-electron chi connectivity index (χ3n) is 19.0. The highest BCUT2D eigenvalue weighted by molar-refractivity contribution is 7.47. The van der Waals surface area contributed by atoms with Crippen molar-refractivity contribution in [3.05, 3.63) is 0 Å². The third-order valence-corrected chi connectivity index (χ3v) is 20.9. The molecule has 0 spiro atoms. The van der Waals surface area contributed by atoms with Crippen LogP contribution in [0.3, 0.4) is 0 Å². The molecule has 0 saturated carbocycles. The van der Waals surface area contributed by atoms with Gasteiger partial charge in [-0.1, -0.05) is 363 Å². The van der Waals surface area contributed by atoms with E-state index in [1.807, 2.05) is 0 Å². The summed E-state index contributed by atoms with van der Waals surface area (Å²) in [7, 11) is -9.92. The average molecular weight is 1450 g/mol. The third kappa shape index (κ3) is 72.8. The van der Waals surface area contributed by atoms with Crippen molar-refractivity contribution in [2.75, 3.05) is 39.6 Å². The Morgan fingerprint density at radius 3 is 0.768 bits per heavy atom. The fourth-order valence-electron chi connectivity index (χ4n) is 12.3. The molecule has 3 N–H and O–H groups in total. The maximum Gasteiger partial charge on any atom is 0.472 e. The van der Waals surface area contributed by atoms with E-state index < -0.39 is 97.5 Å². The van der Waals surface area contributed by atoms with Gasteiger partial charge in [0, 0.05) is 25.7 Å². The number of hydrogen-bond donors (Lipinski definition) is 3. The molecule has 0 fully saturated rings. The van der Waals surface area contributed by atoms with Crippen molar-refractivity contribution in [2.24, 2.45) is 17.8 Å². The second-order valence-corrected chi connectivity index (χ2v) is 32.9. The average Bonchev–Trinajstić information content (AvgIpc) is 1.61. The number of aliphatic hydroxyl groups is 1. The summed E-state index contributed by atoms with van der Waals surface area (Å²) in [6, 6.07) is 0. The highest BCUT2D eigenvalue weighted by Gasteiger charge is 2.30. The van der Waals surface area contributed by atoms with Gasteiger partial charge in [0.05, 0.1) is 26.4 Å². The van der Waals surface area contributed by atoms with Crippen molar-refractivity contribution in [1.82, 2.24) is 0 Å².